The predicted octanol–water partition coefficient (Wildman–Crippen LogP) is 2.91. The summed E-state index contributed by atoms with van der Waals surface area (Å²) >= 11 is 0. The molecule has 2 heterocycles. The number of amides is 2. The van der Waals surface area contributed by atoms with Gasteiger partial charge in [0.1, 0.15) is 0 Å². The number of hydrogen-bond donors (Lipinski definition) is 2. The van der Waals surface area contributed by atoms with Crippen LogP contribution in [0.2, 0.25) is 0 Å². The topological polar surface area (TPSA) is 94.6 Å². The Morgan fingerprint density at radius 2 is 1.75 bits per heavy atom. The van der Waals surface area contributed by atoms with Crippen LogP contribution >= 0.6 is 0 Å². The molecular weight excluding hydrogens is 426 g/mol. The van der Waals surface area contributed by atoms with Crippen molar-refractivity contribution in [3.05, 3.63) is 53.3 Å². The average Bonchev–Trinajstić information content (AvgIpc) is 2.73. The van der Waals surface area contributed by atoms with Crippen molar-refractivity contribution in [3.63, 3.8) is 0 Å². The first-order valence-corrected chi connectivity index (χ1v) is 12.4. The summed E-state index contributed by atoms with van der Waals surface area (Å²) in [6, 6.07) is 10.5. The molecule has 0 radical (unpaired) electrons. The number of sulfonamides is 1. The average molecular weight is 460 g/mol. The van der Waals surface area contributed by atoms with Gasteiger partial charge in [-0.3, -0.25) is 4.98 Å². The number of likely N-dealkylation sites (tertiary alicyclic amines) is 1. The van der Waals surface area contributed by atoms with Gasteiger partial charge in [0.2, 0.25) is 10.0 Å². The Balaban J connectivity index is 1.44. The number of hydrogen-bond acceptors (Lipinski definition) is 5. The molecule has 8 nitrogen and oxygen atoms in total. The minimum Gasteiger partial charge on any atom is -0.337 e. The standard InChI is InChI=1S/C23H33N5O3S/c1-17-7-5-6-8-22(17)32(30,31)27(4)21-9-12-28(13-10-21)14-11-24-23(29)26-20-15-18(2)25-19(3)16-20/h5-8,15-16,21H,9-14H2,1-4H3,(H2,24,25,26,29). The molecule has 0 bridgehead atoms. The van der Waals surface area contributed by atoms with E-state index in [9.17, 15) is 13.2 Å². The van der Waals surface area contributed by atoms with E-state index in [0.29, 0.717) is 11.4 Å². The summed E-state index contributed by atoms with van der Waals surface area (Å²) in [4.78, 5) is 19.1. The minimum absolute atomic E-state index is 0.0229. The zero-order valence-corrected chi connectivity index (χ0v) is 20.1. The summed E-state index contributed by atoms with van der Waals surface area (Å²) < 4.78 is 27.6. The summed E-state index contributed by atoms with van der Waals surface area (Å²) in [6.45, 7) is 8.45. The molecule has 1 saturated heterocycles. The SMILES string of the molecule is Cc1cc(NC(=O)NCCN2CCC(N(C)S(=O)(=O)c3ccccc3C)CC2)cc(C)n1. The number of carbonyl (C=O) groups excluding carboxylic acids is 1. The van der Waals surface area contributed by atoms with Crippen LogP contribution in [0.1, 0.15) is 29.8 Å². The van der Waals surface area contributed by atoms with Gasteiger partial charge < -0.3 is 15.5 Å². The lowest BCUT2D eigenvalue weighted by atomic mass is 10.1. The number of aromatic nitrogens is 1. The molecule has 1 fully saturated rings. The van der Waals surface area contributed by atoms with Gasteiger partial charge in [-0.25, -0.2) is 13.2 Å². The van der Waals surface area contributed by atoms with E-state index in [-0.39, 0.29) is 12.1 Å². The fourth-order valence-electron chi connectivity index (χ4n) is 4.11. The molecular formula is C23H33N5O3S. The van der Waals surface area contributed by atoms with Crippen LogP contribution < -0.4 is 10.6 Å². The Kier molecular flexibility index (Phi) is 7.86. The molecule has 3 rings (SSSR count). The number of urea groups is 1. The number of anilines is 1. The maximum Gasteiger partial charge on any atom is 0.319 e. The fourth-order valence-corrected chi connectivity index (χ4v) is 5.75. The van der Waals surface area contributed by atoms with Crippen LogP contribution in [-0.4, -0.2) is 67.9 Å². The van der Waals surface area contributed by atoms with E-state index in [4.69, 9.17) is 0 Å². The zero-order valence-electron chi connectivity index (χ0n) is 19.3. The van der Waals surface area contributed by atoms with Crippen LogP contribution in [0.4, 0.5) is 10.5 Å². The first-order chi connectivity index (χ1) is 15.2. The summed E-state index contributed by atoms with van der Waals surface area (Å²) in [5.74, 6) is 0. The molecule has 1 aliphatic rings. The maximum absolute atomic E-state index is 13.0. The molecule has 0 unspecified atom stereocenters. The number of benzene rings is 1. The maximum atomic E-state index is 13.0. The van der Waals surface area contributed by atoms with E-state index in [1.807, 2.05) is 45.0 Å². The van der Waals surface area contributed by atoms with Crippen LogP contribution in [0, 0.1) is 20.8 Å². The molecule has 0 spiro atoms. The Morgan fingerprint density at radius 1 is 1.12 bits per heavy atom. The highest BCUT2D eigenvalue weighted by atomic mass is 32.2. The van der Waals surface area contributed by atoms with E-state index in [1.165, 1.54) is 4.31 Å². The highest BCUT2D eigenvalue weighted by molar-refractivity contribution is 7.89. The molecule has 1 aromatic heterocycles. The second-order valence-corrected chi connectivity index (χ2v) is 10.3. The second-order valence-electron chi connectivity index (χ2n) is 8.38. The number of rotatable bonds is 7. The van der Waals surface area contributed by atoms with Crippen LogP contribution in [0.25, 0.3) is 0 Å². The summed E-state index contributed by atoms with van der Waals surface area (Å²) in [6.07, 6.45) is 1.53. The summed E-state index contributed by atoms with van der Waals surface area (Å²) in [5.41, 5.74) is 3.21. The molecule has 0 atom stereocenters. The summed E-state index contributed by atoms with van der Waals surface area (Å²) in [7, 11) is -1.83. The van der Waals surface area contributed by atoms with E-state index in [0.717, 1.165) is 55.1 Å². The van der Waals surface area contributed by atoms with Crippen LogP contribution in [0.3, 0.4) is 0 Å². The van der Waals surface area contributed by atoms with Crippen molar-refractivity contribution in [2.75, 3.05) is 38.5 Å². The van der Waals surface area contributed by atoms with Crippen molar-refractivity contribution < 1.29 is 13.2 Å². The Labute approximate surface area is 191 Å². The Hall–Kier alpha value is -2.49. The normalized spacial score (nSPS) is 15.7. The number of pyridine rings is 1. The minimum atomic E-state index is -3.51. The highest BCUT2D eigenvalue weighted by Gasteiger charge is 2.31. The molecule has 2 aromatic rings. The Morgan fingerprint density at radius 3 is 2.38 bits per heavy atom. The van der Waals surface area contributed by atoms with Gasteiger partial charge in [0.25, 0.3) is 0 Å². The first kappa shape index (κ1) is 24.2. The number of carbonyl (C=O) groups is 1. The third-order valence-corrected chi connectivity index (χ3v) is 7.95. The van der Waals surface area contributed by atoms with Gasteiger partial charge in [-0.2, -0.15) is 4.31 Å². The lowest BCUT2D eigenvalue weighted by Gasteiger charge is -2.36. The monoisotopic (exact) mass is 459 g/mol. The number of piperidine rings is 1. The molecule has 32 heavy (non-hydrogen) atoms. The van der Waals surface area contributed by atoms with Gasteiger partial charge in [0.15, 0.2) is 0 Å². The lowest BCUT2D eigenvalue weighted by molar-refractivity contribution is 0.170. The third kappa shape index (κ3) is 6.05. The number of aryl methyl sites for hydroxylation is 3. The van der Waals surface area contributed by atoms with E-state index < -0.39 is 10.0 Å². The van der Waals surface area contributed by atoms with E-state index >= 15 is 0 Å². The molecule has 0 saturated carbocycles. The molecule has 2 amide bonds. The zero-order chi connectivity index (χ0) is 23.3. The molecule has 2 N–H and O–H groups in total. The van der Waals surface area contributed by atoms with Crippen LogP contribution in [0.15, 0.2) is 41.3 Å². The fraction of sp³-hybridized carbons (Fsp3) is 0.478. The second kappa shape index (κ2) is 10.4. The van der Waals surface area contributed by atoms with Gasteiger partial charge in [0.05, 0.1) is 4.90 Å². The molecule has 1 aliphatic heterocycles. The summed E-state index contributed by atoms with van der Waals surface area (Å²) in [5, 5.41) is 5.72. The van der Waals surface area contributed by atoms with Gasteiger partial charge in [-0.05, 0) is 70.5 Å². The molecule has 0 aliphatic carbocycles. The molecule has 1 aromatic carbocycles. The van der Waals surface area contributed by atoms with Crippen molar-refractivity contribution in [3.8, 4) is 0 Å². The van der Waals surface area contributed by atoms with Crippen molar-refractivity contribution >= 4 is 21.7 Å². The van der Waals surface area contributed by atoms with Gasteiger partial charge in [-0.15, -0.1) is 0 Å². The van der Waals surface area contributed by atoms with Crippen molar-refractivity contribution in [1.82, 2.24) is 19.5 Å². The molecule has 174 valence electrons. The molecule has 9 heteroatoms. The quantitative estimate of drug-likeness (QED) is 0.664. The van der Waals surface area contributed by atoms with E-state index in [2.05, 4.69) is 20.5 Å². The van der Waals surface area contributed by atoms with Gasteiger partial charge in [-0.1, -0.05) is 18.2 Å². The number of nitrogens with one attached hydrogen (secondary N) is 2. The highest BCUT2D eigenvalue weighted by Crippen LogP contribution is 2.24. The van der Waals surface area contributed by atoms with Crippen molar-refractivity contribution in [1.29, 1.82) is 0 Å². The van der Waals surface area contributed by atoms with Crippen molar-refractivity contribution in [2.45, 2.75) is 44.6 Å². The van der Waals surface area contributed by atoms with Gasteiger partial charge >= 0.3 is 6.03 Å². The third-order valence-electron chi connectivity index (χ3n) is 5.87. The first-order valence-electron chi connectivity index (χ1n) is 10.9. The van der Waals surface area contributed by atoms with Crippen molar-refractivity contribution in [2.24, 2.45) is 0 Å². The van der Waals surface area contributed by atoms with E-state index in [1.54, 1.807) is 19.2 Å². The van der Waals surface area contributed by atoms with Gasteiger partial charge in [0, 0.05) is 43.3 Å². The van der Waals surface area contributed by atoms with Crippen LogP contribution in [0.5, 0.6) is 0 Å². The predicted molar refractivity (Wildman–Crippen MR) is 126 cm³/mol. The van der Waals surface area contributed by atoms with Crippen LogP contribution in [-0.2, 0) is 10.0 Å². The lowest BCUT2D eigenvalue weighted by Crippen LogP contribution is -2.47. The largest absolute Gasteiger partial charge is 0.337 e. The Bertz CT molecular complexity index is 1030. The smallest absolute Gasteiger partial charge is 0.319 e. The number of nitrogens with zero attached hydrogens (tertiary/aromatic N) is 3.